The molecule has 0 aliphatic carbocycles. The monoisotopic (exact) mass is 394 g/mol. The number of rotatable bonds is 10. The van der Waals surface area contributed by atoms with E-state index >= 15 is 0 Å². The van der Waals surface area contributed by atoms with Crippen LogP contribution in [0.25, 0.3) is 0 Å². The Morgan fingerprint density at radius 2 is 1.62 bits per heavy atom. The van der Waals surface area contributed by atoms with Crippen molar-refractivity contribution < 1.29 is 19.1 Å². The number of ether oxygens (including phenoxy) is 2. The standard InChI is InChI=1S/C17H21Cl3O4/c1-2-3-6-9-23-15(21)7-4-5-8-16(22)24-14-11-12(18)10-13(19)17(14)20/h10-11H,2-9H2,1H3. The molecule has 0 fully saturated rings. The Morgan fingerprint density at radius 3 is 2.29 bits per heavy atom. The van der Waals surface area contributed by atoms with Gasteiger partial charge in [-0.2, -0.15) is 0 Å². The zero-order valence-corrected chi connectivity index (χ0v) is 15.8. The Kier molecular flexibility index (Phi) is 10.2. The lowest BCUT2D eigenvalue weighted by Gasteiger charge is -2.08. The summed E-state index contributed by atoms with van der Waals surface area (Å²) in [6.07, 6.45) is 4.57. The molecule has 1 rings (SSSR count). The van der Waals surface area contributed by atoms with Crippen LogP contribution in [0.3, 0.4) is 0 Å². The van der Waals surface area contributed by atoms with E-state index in [0.29, 0.717) is 30.9 Å². The van der Waals surface area contributed by atoms with Gasteiger partial charge in [-0.05, 0) is 25.3 Å². The van der Waals surface area contributed by atoms with Crippen molar-refractivity contribution in [2.24, 2.45) is 0 Å². The summed E-state index contributed by atoms with van der Waals surface area (Å²) in [4.78, 5) is 23.3. The fourth-order valence-electron chi connectivity index (χ4n) is 1.93. The summed E-state index contributed by atoms with van der Waals surface area (Å²) >= 11 is 17.7. The maximum atomic E-state index is 11.8. The van der Waals surface area contributed by atoms with Crippen molar-refractivity contribution in [3.05, 3.63) is 27.2 Å². The van der Waals surface area contributed by atoms with E-state index in [9.17, 15) is 9.59 Å². The molecule has 0 aromatic heterocycles. The second-order valence-corrected chi connectivity index (χ2v) is 6.53. The summed E-state index contributed by atoms with van der Waals surface area (Å²) < 4.78 is 10.2. The molecule has 0 spiro atoms. The van der Waals surface area contributed by atoms with E-state index in [1.54, 1.807) is 0 Å². The molecule has 0 radical (unpaired) electrons. The normalized spacial score (nSPS) is 10.5. The van der Waals surface area contributed by atoms with E-state index in [4.69, 9.17) is 44.3 Å². The summed E-state index contributed by atoms with van der Waals surface area (Å²) in [5, 5.41) is 0.695. The Bertz CT molecular complexity index is 561. The van der Waals surface area contributed by atoms with Crippen LogP contribution in [0.4, 0.5) is 0 Å². The van der Waals surface area contributed by atoms with Crippen molar-refractivity contribution in [3.8, 4) is 5.75 Å². The number of unbranched alkanes of at least 4 members (excludes halogenated alkanes) is 3. The second kappa shape index (κ2) is 11.6. The van der Waals surface area contributed by atoms with Gasteiger partial charge in [0, 0.05) is 23.9 Å². The van der Waals surface area contributed by atoms with E-state index < -0.39 is 5.97 Å². The molecule has 1 aromatic carbocycles. The van der Waals surface area contributed by atoms with Crippen LogP contribution in [0.1, 0.15) is 51.9 Å². The number of hydrogen-bond acceptors (Lipinski definition) is 4. The molecule has 0 amide bonds. The molecule has 0 N–H and O–H groups in total. The van der Waals surface area contributed by atoms with Crippen LogP contribution < -0.4 is 4.74 Å². The van der Waals surface area contributed by atoms with Gasteiger partial charge in [-0.3, -0.25) is 9.59 Å². The van der Waals surface area contributed by atoms with Gasteiger partial charge in [0.1, 0.15) is 5.02 Å². The lowest BCUT2D eigenvalue weighted by Crippen LogP contribution is -2.09. The molecule has 0 aliphatic rings. The Hall–Kier alpha value is -0.970. The minimum atomic E-state index is -0.452. The van der Waals surface area contributed by atoms with Crippen molar-refractivity contribution in [1.82, 2.24) is 0 Å². The van der Waals surface area contributed by atoms with E-state index in [-0.39, 0.29) is 28.2 Å². The number of hydrogen-bond donors (Lipinski definition) is 0. The lowest BCUT2D eigenvalue weighted by molar-refractivity contribution is -0.144. The number of halogens is 3. The maximum Gasteiger partial charge on any atom is 0.311 e. The molecule has 0 aliphatic heterocycles. The zero-order chi connectivity index (χ0) is 17.9. The Balaban J connectivity index is 2.24. The Morgan fingerprint density at radius 1 is 0.958 bits per heavy atom. The first-order valence-corrected chi connectivity index (χ1v) is 9.08. The van der Waals surface area contributed by atoms with Crippen LogP contribution in [0.15, 0.2) is 12.1 Å². The van der Waals surface area contributed by atoms with Gasteiger partial charge in [0.15, 0.2) is 5.75 Å². The number of carbonyl (C=O) groups is 2. The maximum absolute atomic E-state index is 11.8. The van der Waals surface area contributed by atoms with Crippen molar-refractivity contribution in [2.75, 3.05) is 6.61 Å². The van der Waals surface area contributed by atoms with Crippen molar-refractivity contribution >= 4 is 46.7 Å². The molecule has 0 atom stereocenters. The van der Waals surface area contributed by atoms with Crippen molar-refractivity contribution in [2.45, 2.75) is 51.9 Å². The second-order valence-electron chi connectivity index (χ2n) is 5.31. The van der Waals surface area contributed by atoms with E-state index in [1.807, 2.05) is 0 Å². The highest BCUT2D eigenvalue weighted by atomic mass is 35.5. The van der Waals surface area contributed by atoms with Crippen LogP contribution in [-0.2, 0) is 14.3 Å². The first kappa shape index (κ1) is 21.1. The van der Waals surface area contributed by atoms with E-state index in [0.717, 1.165) is 19.3 Å². The highest BCUT2D eigenvalue weighted by Crippen LogP contribution is 2.35. The van der Waals surface area contributed by atoms with E-state index in [2.05, 4.69) is 6.92 Å². The summed E-state index contributed by atoms with van der Waals surface area (Å²) in [6, 6.07) is 2.90. The number of benzene rings is 1. The highest BCUT2D eigenvalue weighted by molar-refractivity contribution is 6.44. The highest BCUT2D eigenvalue weighted by Gasteiger charge is 2.13. The molecule has 7 heteroatoms. The zero-order valence-electron chi connectivity index (χ0n) is 13.6. The molecule has 0 saturated heterocycles. The molecular weight excluding hydrogens is 375 g/mol. The van der Waals surface area contributed by atoms with Gasteiger partial charge >= 0.3 is 11.9 Å². The molecule has 1 aromatic rings. The van der Waals surface area contributed by atoms with Crippen LogP contribution in [-0.4, -0.2) is 18.5 Å². The van der Waals surface area contributed by atoms with Crippen LogP contribution in [0.2, 0.25) is 15.1 Å². The summed E-state index contributed by atoms with van der Waals surface area (Å²) in [6.45, 7) is 2.55. The topological polar surface area (TPSA) is 52.6 Å². The molecule has 24 heavy (non-hydrogen) atoms. The minimum Gasteiger partial charge on any atom is -0.466 e. The van der Waals surface area contributed by atoms with Gasteiger partial charge < -0.3 is 9.47 Å². The third-order valence-corrected chi connectivity index (χ3v) is 4.21. The number of esters is 2. The Labute approximate surface area is 157 Å². The van der Waals surface area contributed by atoms with E-state index in [1.165, 1.54) is 12.1 Å². The summed E-state index contributed by atoms with van der Waals surface area (Å²) in [7, 11) is 0. The largest absolute Gasteiger partial charge is 0.466 e. The number of carbonyl (C=O) groups excluding carboxylic acids is 2. The summed E-state index contributed by atoms with van der Waals surface area (Å²) in [5.74, 6) is -0.551. The molecule has 0 heterocycles. The predicted octanol–water partition coefficient (Wildman–Crippen LogP) is 5.85. The quantitative estimate of drug-likeness (QED) is 0.216. The smallest absolute Gasteiger partial charge is 0.311 e. The first-order valence-electron chi connectivity index (χ1n) is 7.95. The molecular formula is C17H21Cl3O4. The van der Waals surface area contributed by atoms with Gasteiger partial charge in [-0.1, -0.05) is 54.6 Å². The average molecular weight is 396 g/mol. The molecule has 0 bridgehead atoms. The third kappa shape index (κ3) is 8.22. The van der Waals surface area contributed by atoms with Gasteiger partial charge in [0.05, 0.1) is 11.6 Å². The summed E-state index contributed by atoms with van der Waals surface area (Å²) in [5.41, 5.74) is 0. The van der Waals surface area contributed by atoms with Crippen LogP contribution in [0, 0.1) is 0 Å². The van der Waals surface area contributed by atoms with Crippen molar-refractivity contribution in [3.63, 3.8) is 0 Å². The van der Waals surface area contributed by atoms with Gasteiger partial charge in [0.2, 0.25) is 0 Å². The minimum absolute atomic E-state index is 0.134. The van der Waals surface area contributed by atoms with Gasteiger partial charge in [-0.25, -0.2) is 0 Å². The molecule has 0 unspecified atom stereocenters. The lowest BCUT2D eigenvalue weighted by atomic mass is 10.2. The van der Waals surface area contributed by atoms with Gasteiger partial charge in [-0.15, -0.1) is 0 Å². The van der Waals surface area contributed by atoms with Crippen LogP contribution >= 0.6 is 34.8 Å². The fraction of sp³-hybridized carbons (Fsp3) is 0.529. The molecule has 134 valence electrons. The average Bonchev–Trinajstić information content (AvgIpc) is 2.53. The van der Waals surface area contributed by atoms with Crippen molar-refractivity contribution in [1.29, 1.82) is 0 Å². The van der Waals surface area contributed by atoms with Gasteiger partial charge in [0.25, 0.3) is 0 Å². The first-order chi connectivity index (χ1) is 11.4. The van der Waals surface area contributed by atoms with Crippen LogP contribution in [0.5, 0.6) is 5.75 Å². The molecule has 4 nitrogen and oxygen atoms in total. The molecule has 0 saturated carbocycles. The third-order valence-electron chi connectivity index (χ3n) is 3.21. The fourth-order valence-corrected chi connectivity index (χ4v) is 2.55. The predicted molar refractivity (Wildman–Crippen MR) is 96.1 cm³/mol. The SMILES string of the molecule is CCCCCOC(=O)CCCCC(=O)Oc1cc(Cl)cc(Cl)c1Cl.